The Balaban J connectivity index is 1.44. The lowest BCUT2D eigenvalue weighted by Gasteiger charge is -2.34. The topological polar surface area (TPSA) is 53.0 Å². The second kappa shape index (κ2) is 10.7. The van der Waals surface area contributed by atoms with Gasteiger partial charge in [0.1, 0.15) is 5.75 Å². The Morgan fingerprint density at radius 3 is 2.06 bits per heavy atom. The van der Waals surface area contributed by atoms with Crippen molar-refractivity contribution in [3.63, 3.8) is 0 Å². The van der Waals surface area contributed by atoms with Crippen molar-refractivity contribution in [2.75, 3.05) is 33.8 Å². The zero-order chi connectivity index (χ0) is 24.0. The number of carbonyl (C=O) groups is 1. The molecule has 4 rings (SSSR count). The van der Waals surface area contributed by atoms with Gasteiger partial charge in [-0.15, -0.1) is 0 Å². The summed E-state index contributed by atoms with van der Waals surface area (Å²) in [4.78, 5) is 17.7. The monoisotopic (exact) mass is 456 g/mol. The molecule has 0 spiro atoms. The number of nitrogens with zero attached hydrogens (tertiary/aromatic N) is 2. The molecule has 1 amide bonds. The van der Waals surface area contributed by atoms with Gasteiger partial charge >= 0.3 is 0 Å². The van der Waals surface area contributed by atoms with E-state index in [1.165, 1.54) is 11.1 Å². The van der Waals surface area contributed by atoms with Crippen molar-refractivity contribution >= 4 is 5.91 Å². The maximum Gasteiger partial charge on any atom is 0.264 e. The molecule has 0 radical (unpaired) electrons. The summed E-state index contributed by atoms with van der Waals surface area (Å²) in [5, 5.41) is 11.7. The molecule has 1 aliphatic rings. The van der Waals surface area contributed by atoms with Crippen LogP contribution in [0.5, 0.6) is 5.75 Å². The van der Waals surface area contributed by atoms with Crippen molar-refractivity contribution in [3.8, 4) is 5.75 Å². The Morgan fingerprint density at radius 1 is 0.971 bits per heavy atom. The molecule has 1 N–H and O–H groups in total. The first-order chi connectivity index (χ1) is 16.5. The molecule has 0 saturated carbocycles. The normalized spacial score (nSPS) is 14.4. The van der Waals surface area contributed by atoms with Crippen LogP contribution in [0.25, 0.3) is 0 Å². The fourth-order valence-corrected chi connectivity index (χ4v) is 4.45. The largest absolute Gasteiger partial charge is 0.497 e. The molecule has 0 aromatic heterocycles. The maximum absolute atomic E-state index is 13.6. The molecule has 5 nitrogen and oxygen atoms in total. The summed E-state index contributed by atoms with van der Waals surface area (Å²) in [6.45, 7) is 3.15. The Bertz CT molecular complexity index is 1070. The summed E-state index contributed by atoms with van der Waals surface area (Å²) >= 11 is 0. The average Bonchev–Trinajstić information content (AvgIpc) is 2.90. The van der Waals surface area contributed by atoms with E-state index >= 15 is 0 Å². The first-order valence-electron chi connectivity index (χ1n) is 11.6. The lowest BCUT2D eigenvalue weighted by Crippen LogP contribution is -2.47. The number of ether oxygens (including phenoxy) is 1. The smallest absolute Gasteiger partial charge is 0.264 e. The third-order valence-electron chi connectivity index (χ3n) is 6.43. The number of amides is 1. The van der Waals surface area contributed by atoms with Gasteiger partial charge in [0, 0.05) is 33.2 Å². The number of hydrogen-bond acceptors (Lipinski definition) is 4. The third kappa shape index (κ3) is 5.22. The quantitative estimate of drug-likeness (QED) is 0.516. The lowest BCUT2D eigenvalue weighted by molar-refractivity contribution is -0.146. The highest BCUT2D eigenvalue weighted by atomic mass is 16.5. The summed E-state index contributed by atoms with van der Waals surface area (Å²) in [7, 11) is 3.44. The van der Waals surface area contributed by atoms with Crippen molar-refractivity contribution < 1.29 is 14.6 Å². The lowest BCUT2D eigenvalue weighted by atomic mass is 9.85. The fourth-order valence-electron chi connectivity index (χ4n) is 4.45. The molecule has 176 valence electrons. The van der Waals surface area contributed by atoms with Crippen LogP contribution in [-0.4, -0.2) is 54.6 Å². The molecule has 0 aliphatic carbocycles. The van der Waals surface area contributed by atoms with E-state index in [1.807, 2.05) is 48.5 Å². The van der Waals surface area contributed by atoms with E-state index in [2.05, 4.69) is 23.1 Å². The summed E-state index contributed by atoms with van der Waals surface area (Å²) in [5.74, 6) is 0.537. The number of likely N-dealkylation sites (N-methyl/N-ethyl adjacent to an activating group) is 1. The van der Waals surface area contributed by atoms with E-state index < -0.39 is 5.60 Å². The molecule has 0 saturated heterocycles. The van der Waals surface area contributed by atoms with Gasteiger partial charge in [-0.3, -0.25) is 9.69 Å². The number of rotatable bonds is 8. The predicted octanol–water partition coefficient (Wildman–Crippen LogP) is 4.22. The molecule has 3 aromatic carbocycles. The second-order valence-corrected chi connectivity index (χ2v) is 8.80. The minimum absolute atomic E-state index is 0.327. The summed E-state index contributed by atoms with van der Waals surface area (Å²) < 4.78 is 5.24. The standard InChI is InChI=1S/C29H32N2O3/c1-30(21-24-17-19-31(20-18-24)22-23-13-15-27(34-2)16-14-23)28(32)29(33,25-9-5-3-6-10-25)26-11-7-4-8-12-26/h3-17,33H,18-22H2,1-2H3. The predicted molar refractivity (Wildman–Crippen MR) is 134 cm³/mol. The van der Waals surface area contributed by atoms with Crippen LogP contribution in [0.3, 0.4) is 0 Å². The van der Waals surface area contributed by atoms with E-state index in [4.69, 9.17) is 4.74 Å². The fraction of sp³-hybridized carbons (Fsp3) is 0.276. The molecule has 1 aliphatic heterocycles. The van der Waals surface area contributed by atoms with Gasteiger partial charge < -0.3 is 14.7 Å². The van der Waals surface area contributed by atoms with E-state index in [-0.39, 0.29) is 5.91 Å². The first-order valence-corrected chi connectivity index (χ1v) is 11.6. The molecule has 0 atom stereocenters. The zero-order valence-electron chi connectivity index (χ0n) is 19.9. The van der Waals surface area contributed by atoms with Crippen molar-refractivity contribution in [3.05, 3.63) is 113 Å². The van der Waals surface area contributed by atoms with Crippen molar-refractivity contribution in [1.82, 2.24) is 9.80 Å². The van der Waals surface area contributed by atoms with Gasteiger partial charge in [0.05, 0.1) is 7.11 Å². The maximum atomic E-state index is 13.6. The molecule has 0 fully saturated rings. The third-order valence-corrected chi connectivity index (χ3v) is 6.43. The highest BCUT2D eigenvalue weighted by Gasteiger charge is 2.41. The number of benzene rings is 3. The SMILES string of the molecule is COc1ccc(CN2CC=C(CN(C)C(=O)C(O)(c3ccccc3)c3ccccc3)CC2)cc1. The summed E-state index contributed by atoms with van der Waals surface area (Å²) in [5.41, 5.74) is 1.88. The molecule has 34 heavy (non-hydrogen) atoms. The highest BCUT2D eigenvalue weighted by molar-refractivity contribution is 5.90. The van der Waals surface area contributed by atoms with Gasteiger partial charge in [-0.05, 0) is 35.2 Å². The van der Waals surface area contributed by atoms with Crippen LogP contribution in [-0.2, 0) is 16.9 Å². The van der Waals surface area contributed by atoms with Gasteiger partial charge in [0.15, 0.2) is 5.60 Å². The van der Waals surface area contributed by atoms with Gasteiger partial charge in [0.25, 0.3) is 5.91 Å². The van der Waals surface area contributed by atoms with Crippen LogP contribution in [0.2, 0.25) is 0 Å². The number of hydrogen-bond donors (Lipinski definition) is 1. The van der Waals surface area contributed by atoms with Crippen LogP contribution in [0.15, 0.2) is 96.6 Å². The van der Waals surface area contributed by atoms with Crippen LogP contribution in [0, 0.1) is 0 Å². The summed E-state index contributed by atoms with van der Waals surface area (Å²) in [6, 6.07) is 26.5. The molecule has 3 aromatic rings. The van der Waals surface area contributed by atoms with E-state index in [0.29, 0.717) is 17.7 Å². The average molecular weight is 457 g/mol. The van der Waals surface area contributed by atoms with E-state index in [1.54, 1.807) is 43.3 Å². The van der Waals surface area contributed by atoms with E-state index in [0.717, 1.165) is 31.8 Å². The molecule has 5 heteroatoms. The Labute approximate surface area is 201 Å². The second-order valence-electron chi connectivity index (χ2n) is 8.80. The minimum atomic E-state index is -1.73. The van der Waals surface area contributed by atoms with Crippen LogP contribution in [0.1, 0.15) is 23.1 Å². The van der Waals surface area contributed by atoms with Gasteiger partial charge in [-0.2, -0.15) is 0 Å². The first kappa shape index (κ1) is 23.7. The summed E-state index contributed by atoms with van der Waals surface area (Å²) in [6.07, 6.45) is 3.10. The van der Waals surface area contributed by atoms with Crippen LogP contribution < -0.4 is 4.74 Å². The Hall–Kier alpha value is -3.41. The zero-order valence-corrected chi connectivity index (χ0v) is 19.9. The number of methoxy groups -OCH3 is 1. The Morgan fingerprint density at radius 2 is 1.56 bits per heavy atom. The van der Waals surface area contributed by atoms with Crippen LogP contribution in [0.4, 0.5) is 0 Å². The van der Waals surface area contributed by atoms with Gasteiger partial charge in [0.2, 0.25) is 0 Å². The van der Waals surface area contributed by atoms with Crippen molar-refractivity contribution in [2.45, 2.75) is 18.6 Å². The van der Waals surface area contributed by atoms with Crippen molar-refractivity contribution in [2.24, 2.45) is 0 Å². The molecular weight excluding hydrogens is 424 g/mol. The number of aliphatic hydroxyl groups is 1. The van der Waals surface area contributed by atoms with Gasteiger partial charge in [-0.1, -0.05) is 84.4 Å². The molecule has 0 bridgehead atoms. The minimum Gasteiger partial charge on any atom is -0.497 e. The molecule has 1 heterocycles. The highest BCUT2D eigenvalue weighted by Crippen LogP contribution is 2.32. The molecular formula is C29H32N2O3. The van der Waals surface area contributed by atoms with Gasteiger partial charge in [-0.25, -0.2) is 0 Å². The van der Waals surface area contributed by atoms with Crippen LogP contribution >= 0.6 is 0 Å². The molecule has 0 unspecified atom stereocenters. The number of carbonyl (C=O) groups excluding carboxylic acids is 1. The van der Waals surface area contributed by atoms with E-state index in [9.17, 15) is 9.90 Å². The Kier molecular flexibility index (Phi) is 7.46. The van der Waals surface area contributed by atoms with Crippen molar-refractivity contribution in [1.29, 1.82) is 0 Å².